The van der Waals surface area contributed by atoms with Crippen LogP contribution in [0.2, 0.25) is 0 Å². The summed E-state index contributed by atoms with van der Waals surface area (Å²) in [6.45, 7) is 1.65. The van der Waals surface area contributed by atoms with Crippen LogP contribution in [0.5, 0.6) is 11.5 Å². The monoisotopic (exact) mass is 514 g/mol. The maximum absolute atomic E-state index is 12.4. The van der Waals surface area contributed by atoms with Gasteiger partial charge in [0.2, 0.25) is 0 Å². The number of nitriles is 1. The largest absolute Gasteiger partial charge is 0.493 e. The minimum atomic E-state index is -0.523. The molecule has 2 aromatic carbocycles. The molecule has 8 nitrogen and oxygen atoms in total. The molecule has 0 spiro atoms. The molecule has 0 unspecified atom stereocenters. The third-order valence-corrected chi connectivity index (χ3v) is 5.64. The lowest BCUT2D eigenvalue weighted by atomic mass is 10.1. The van der Waals surface area contributed by atoms with Crippen molar-refractivity contribution in [2.45, 2.75) is 12.1 Å². The van der Waals surface area contributed by atoms with E-state index >= 15 is 0 Å². The van der Waals surface area contributed by atoms with Gasteiger partial charge < -0.3 is 19.8 Å². The molecule has 0 atom stereocenters. The molecule has 1 amide bonds. The van der Waals surface area contributed by atoms with Gasteiger partial charge in [-0.25, -0.2) is 4.98 Å². The number of carbonyl (C=O) groups is 1. The Morgan fingerprint density at radius 2 is 2.09 bits per heavy atom. The number of nitrogens with zero attached hydrogens (tertiary/aromatic N) is 2. The fourth-order valence-corrected chi connectivity index (χ4v) is 3.83. The van der Waals surface area contributed by atoms with E-state index in [1.54, 1.807) is 18.4 Å². The minimum absolute atomic E-state index is 0.108. The Kier molecular flexibility index (Phi) is 7.56. The summed E-state index contributed by atoms with van der Waals surface area (Å²) in [7, 11) is 1.45. The first-order chi connectivity index (χ1) is 15.4. The lowest BCUT2D eigenvalue weighted by Crippen LogP contribution is -2.21. The van der Waals surface area contributed by atoms with Crippen molar-refractivity contribution >= 4 is 39.3 Å². The van der Waals surface area contributed by atoms with Gasteiger partial charge in [0, 0.05) is 11.3 Å². The first-order valence-corrected chi connectivity index (χ1v) is 11.3. The SMILES string of the molecule is COc1cc(-c2nc(SC)[nH]c(=O)c2C#N)cc(Br)c1OCC(=O)Nc1ccccc1C. The first-order valence-electron chi connectivity index (χ1n) is 9.32. The Labute approximate surface area is 197 Å². The van der Waals surface area contributed by atoms with Gasteiger partial charge in [0.25, 0.3) is 11.5 Å². The van der Waals surface area contributed by atoms with Crippen LogP contribution >= 0.6 is 27.7 Å². The van der Waals surface area contributed by atoms with Crippen LogP contribution in [-0.2, 0) is 4.79 Å². The number of aromatic nitrogens is 2. The molecule has 1 aromatic heterocycles. The summed E-state index contributed by atoms with van der Waals surface area (Å²) in [6, 6.07) is 12.6. The smallest absolute Gasteiger partial charge is 0.270 e. The minimum Gasteiger partial charge on any atom is -0.493 e. The maximum Gasteiger partial charge on any atom is 0.270 e. The number of carbonyl (C=O) groups excluding carboxylic acids is 1. The molecule has 10 heteroatoms. The van der Waals surface area contributed by atoms with Crippen LogP contribution < -0.4 is 20.3 Å². The third kappa shape index (κ3) is 5.12. The predicted molar refractivity (Wildman–Crippen MR) is 126 cm³/mol. The van der Waals surface area contributed by atoms with Gasteiger partial charge >= 0.3 is 0 Å². The van der Waals surface area contributed by atoms with E-state index < -0.39 is 5.56 Å². The summed E-state index contributed by atoms with van der Waals surface area (Å²) in [5.74, 6) is 0.296. The van der Waals surface area contributed by atoms with E-state index in [1.165, 1.54) is 18.9 Å². The van der Waals surface area contributed by atoms with E-state index in [0.29, 0.717) is 32.4 Å². The van der Waals surface area contributed by atoms with Crippen LogP contribution in [0.3, 0.4) is 0 Å². The summed E-state index contributed by atoms with van der Waals surface area (Å²) in [4.78, 5) is 31.5. The number of benzene rings is 2. The molecular weight excluding hydrogens is 496 g/mol. The van der Waals surface area contributed by atoms with Gasteiger partial charge in [-0.2, -0.15) is 5.26 Å². The molecule has 32 heavy (non-hydrogen) atoms. The molecule has 0 saturated carbocycles. The second-order valence-corrected chi connectivity index (χ2v) is 8.20. The number of rotatable bonds is 7. The quantitative estimate of drug-likeness (QED) is 0.359. The highest BCUT2D eigenvalue weighted by atomic mass is 79.9. The molecule has 1 heterocycles. The first kappa shape index (κ1) is 23.4. The van der Waals surface area contributed by atoms with E-state index in [-0.39, 0.29) is 23.8 Å². The molecule has 0 bridgehead atoms. The normalized spacial score (nSPS) is 10.3. The molecule has 3 rings (SSSR count). The van der Waals surface area contributed by atoms with Crippen molar-refractivity contribution in [1.29, 1.82) is 5.26 Å². The number of para-hydroxylation sites is 1. The van der Waals surface area contributed by atoms with Crippen molar-refractivity contribution in [3.63, 3.8) is 0 Å². The molecule has 0 aliphatic rings. The molecule has 0 radical (unpaired) electrons. The van der Waals surface area contributed by atoms with Crippen LogP contribution in [0, 0.1) is 18.3 Å². The number of amides is 1. The zero-order valence-corrected chi connectivity index (χ0v) is 19.9. The highest BCUT2D eigenvalue weighted by Crippen LogP contribution is 2.39. The number of aryl methyl sites for hydroxylation is 1. The van der Waals surface area contributed by atoms with Crippen LogP contribution in [0.15, 0.2) is 50.8 Å². The molecule has 0 saturated heterocycles. The number of thioether (sulfide) groups is 1. The number of hydrogen-bond acceptors (Lipinski definition) is 7. The van der Waals surface area contributed by atoms with Crippen molar-refractivity contribution in [2.24, 2.45) is 0 Å². The van der Waals surface area contributed by atoms with Crippen molar-refractivity contribution < 1.29 is 14.3 Å². The summed E-state index contributed by atoms with van der Waals surface area (Å²) >= 11 is 4.68. The standard InChI is InChI=1S/C22H19BrN4O4S/c1-12-6-4-5-7-16(12)25-18(28)11-31-20-15(23)8-13(9-17(20)30-2)19-14(10-24)21(29)27-22(26-19)32-3/h4-9H,11H2,1-3H3,(H,25,28)(H,26,27,29). The molecule has 2 N–H and O–H groups in total. The van der Waals surface area contributed by atoms with Gasteiger partial charge in [-0.3, -0.25) is 9.59 Å². The van der Waals surface area contributed by atoms with E-state index in [4.69, 9.17) is 9.47 Å². The summed E-state index contributed by atoms with van der Waals surface area (Å²) in [5, 5.41) is 12.6. The average molecular weight is 515 g/mol. The van der Waals surface area contributed by atoms with E-state index in [9.17, 15) is 14.9 Å². The number of methoxy groups -OCH3 is 1. The number of H-pyrrole nitrogens is 1. The summed E-state index contributed by atoms with van der Waals surface area (Å²) < 4.78 is 11.6. The lowest BCUT2D eigenvalue weighted by molar-refractivity contribution is -0.118. The third-order valence-electron chi connectivity index (χ3n) is 4.47. The maximum atomic E-state index is 12.4. The van der Waals surface area contributed by atoms with Crippen LogP contribution in [0.1, 0.15) is 11.1 Å². The van der Waals surface area contributed by atoms with Crippen molar-refractivity contribution in [1.82, 2.24) is 9.97 Å². The number of ether oxygens (including phenoxy) is 2. The summed E-state index contributed by atoms with van der Waals surface area (Å²) in [5.41, 5.74) is 1.73. The van der Waals surface area contributed by atoms with Gasteiger partial charge in [0.15, 0.2) is 23.3 Å². The van der Waals surface area contributed by atoms with E-state index in [1.807, 2.05) is 37.3 Å². The highest BCUT2D eigenvalue weighted by Gasteiger charge is 2.19. The van der Waals surface area contributed by atoms with Crippen LogP contribution in [0.25, 0.3) is 11.3 Å². The number of anilines is 1. The Morgan fingerprint density at radius 3 is 2.75 bits per heavy atom. The van der Waals surface area contributed by atoms with Gasteiger partial charge in [-0.15, -0.1) is 0 Å². The number of aromatic amines is 1. The van der Waals surface area contributed by atoms with Gasteiger partial charge in [0.1, 0.15) is 11.6 Å². The zero-order valence-electron chi connectivity index (χ0n) is 17.5. The zero-order chi connectivity index (χ0) is 23.3. The highest BCUT2D eigenvalue weighted by molar-refractivity contribution is 9.10. The van der Waals surface area contributed by atoms with Gasteiger partial charge in [-0.1, -0.05) is 30.0 Å². The van der Waals surface area contributed by atoms with Crippen molar-refractivity contribution in [2.75, 3.05) is 25.3 Å². The predicted octanol–water partition coefficient (Wildman–Crippen LogP) is 4.13. The summed E-state index contributed by atoms with van der Waals surface area (Å²) in [6.07, 6.45) is 1.77. The second kappa shape index (κ2) is 10.3. The van der Waals surface area contributed by atoms with E-state index in [2.05, 4.69) is 31.2 Å². The molecular formula is C22H19BrN4O4S. The number of nitrogens with one attached hydrogen (secondary N) is 2. The Morgan fingerprint density at radius 1 is 1.34 bits per heavy atom. The lowest BCUT2D eigenvalue weighted by Gasteiger charge is -2.15. The number of halogens is 1. The molecule has 164 valence electrons. The van der Waals surface area contributed by atoms with Crippen LogP contribution in [-0.4, -0.2) is 35.8 Å². The van der Waals surface area contributed by atoms with Crippen LogP contribution in [0.4, 0.5) is 5.69 Å². The van der Waals surface area contributed by atoms with Gasteiger partial charge in [-0.05, 0) is 52.9 Å². The average Bonchev–Trinajstić information content (AvgIpc) is 2.78. The van der Waals surface area contributed by atoms with Crippen molar-refractivity contribution in [3.05, 3.63) is 62.4 Å². The topological polar surface area (TPSA) is 117 Å². The fourth-order valence-electron chi connectivity index (χ4n) is 2.90. The number of hydrogen-bond donors (Lipinski definition) is 2. The molecule has 0 aliphatic carbocycles. The van der Waals surface area contributed by atoms with E-state index in [0.717, 1.165) is 5.56 Å². The Bertz CT molecular complexity index is 1270. The molecule has 0 aliphatic heterocycles. The van der Waals surface area contributed by atoms with Gasteiger partial charge in [0.05, 0.1) is 17.3 Å². The Balaban J connectivity index is 1.89. The van der Waals surface area contributed by atoms with Crippen molar-refractivity contribution in [3.8, 4) is 28.8 Å². The second-order valence-electron chi connectivity index (χ2n) is 6.55. The molecule has 0 fully saturated rings. The Hall–Kier alpha value is -3.29. The fraction of sp³-hybridized carbons (Fsp3) is 0.182. The molecule has 3 aromatic rings.